The van der Waals surface area contributed by atoms with Crippen molar-refractivity contribution in [3.8, 4) is 0 Å². The number of hydrogen-bond acceptors (Lipinski definition) is 3. The Balaban J connectivity index is 2.01. The van der Waals surface area contributed by atoms with Crippen LogP contribution in [0.25, 0.3) is 0 Å². The molecule has 0 aliphatic heterocycles. The summed E-state index contributed by atoms with van der Waals surface area (Å²) in [7, 11) is 0. The number of anilines is 1. The zero-order valence-corrected chi connectivity index (χ0v) is 14.2. The third kappa shape index (κ3) is 3.80. The van der Waals surface area contributed by atoms with Gasteiger partial charge in [0.2, 0.25) is 0 Å². The van der Waals surface area contributed by atoms with Gasteiger partial charge in [0.25, 0.3) is 6.43 Å². The summed E-state index contributed by atoms with van der Waals surface area (Å²) in [5, 5.41) is 2.81. The van der Waals surface area contributed by atoms with E-state index in [2.05, 4.69) is 20.3 Å². The third-order valence-electron chi connectivity index (χ3n) is 3.64. The van der Waals surface area contributed by atoms with Gasteiger partial charge in [-0.1, -0.05) is 17.7 Å². The zero-order chi connectivity index (χ0) is 18.8. The summed E-state index contributed by atoms with van der Waals surface area (Å²) >= 11 is 5.84. The van der Waals surface area contributed by atoms with Crippen molar-refractivity contribution in [3.63, 3.8) is 0 Å². The Morgan fingerprint density at radius 1 is 1.12 bits per heavy atom. The summed E-state index contributed by atoms with van der Waals surface area (Å²) in [6.45, 7) is 1.79. The van der Waals surface area contributed by atoms with Gasteiger partial charge in [-0.2, -0.15) is 0 Å². The van der Waals surface area contributed by atoms with Gasteiger partial charge in [0.15, 0.2) is 5.82 Å². The maximum Gasteiger partial charge on any atom is 0.283 e. The molecule has 0 saturated carbocycles. The van der Waals surface area contributed by atoms with E-state index in [0.717, 1.165) is 11.8 Å². The maximum atomic E-state index is 13.5. The summed E-state index contributed by atoms with van der Waals surface area (Å²) in [4.78, 5) is 10.9. The number of aromatic amines is 1. The molecule has 3 rings (SSSR count). The van der Waals surface area contributed by atoms with Crippen molar-refractivity contribution in [1.29, 1.82) is 0 Å². The monoisotopic (exact) mass is 384 g/mol. The fourth-order valence-corrected chi connectivity index (χ4v) is 2.61. The molecule has 1 aromatic carbocycles. The SMILES string of the molecule is Cc1cnc([C@H](Nc2ccc(F)c(C(F)F)n2)c2ccc(F)c(Cl)c2)[nH]1. The number of H-pyrrole nitrogens is 1. The lowest BCUT2D eigenvalue weighted by molar-refractivity contribution is 0.140. The molecular formula is C17H13ClF4N4. The molecule has 136 valence electrons. The minimum Gasteiger partial charge on any atom is -0.356 e. The summed E-state index contributed by atoms with van der Waals surface area (Å²) in [5.74, 6) is -1.23. The highest BCUT2D eigenvalue weighted by atomic mass is 35.5. The quantitative estimate of drug-likeness (QED) is 0.596. The van der Waals surface area contributed by atoms with Gasteiger partial charge in [0.05, 0.1) is 5.02 Å². The van der Waals surface area contributed by atoms with Gasteiger partial charge in [-0.15, -0.1) is 0 Å². The molecule has 3 aromatic rings. The maximum absolute atomic E-state index is 13.5. The van der Waals surface area contributed by atoms with Crippen LogP contribution in [0, 0.1) is 18.6 Å². The van der Waals surface area contributed by atoms with Gasteiger partial charge in [-0.3, -0.25) is 0 Å². The minimum absolute atomic E-state index is 0.0150. The van der Waals surface area contributed by atoms with Crippen molar-refractivity contribution in [2.75, 3.05) is 5.32 Å². The van der Waals surface area contributed by atoms with E-state index in [1.807, 2.05) is 0 Å². The molecule has 0 saturated heterocycles. The van der Waals surface area contributed by atoms with Crippen LogP contribution >= 0.6 is 11.6 Å². The Morgan fingerprint density at radius 3 is 2.46 bits per heavy atom. The van der Waals surface area contributed by atoms with Crippen molar-refractivity contribution in [3.05, 3.63) is 76.0 Å². The van der Waals surface area contributed by atoms with E-state index >= 15 is 0 Å². The molecule has 0 bridgehead atoms. The normalized spacial score (nSPS) is 12.4. The van der Waals surface area contributed by atoms with E-state index in [1.165, 1.54) is 24.3 Å². The lowest BCUT2D eigenvalue weighted by atomic mass is 10.1. The standard InChI is InChI=1S/C17H13ClF4N4/c1-8-7-23-17(24-8)14(9-2-3-11(19)10(18)6-9)25-13-5-4-12(20)15(26-13)16(21)22/h2-7,14,16H,1H3,(H,23,24)(H,25,26)/t14-/m1/s1. The van der Waals surface area contributed by atoms with Crippen molar-refractivity contribution in [1.82, 2.24) is 15.0 Å². The number of benzene rings is 1. The van der Waals surface area contributed by atoms with Crippen molar-refractivity contribution in [2.24, 2.45) is 0 Å². The molecule has 4 nitrogen and oxygen atoms in total. The number of rotatable bonds is 5. The summed E-state index contributed by atoms with van der Waals surface area (Å²) in [6.07, 6.45) is -1.47. The molecular weight excluding hydrogens is 372 g/mol. The Kier molecular flexibility index (Phi) is 5.13. The molecule has 2 aromatic heterocycles. The third-order valence-corrected chi connectivity index (χ3v) is 3.93. The van der Waals surface area contributed by atoms with Crippen LogP contribution in [-0.2, 0) is 0 Å². The first-order chi connectivity index (χ1) is 12.3. The first-order valence-corrected chi connectivity index (χ1v) is 7.90. The average Bonchev–Trinajstić information content (AvgIpc) is 3.02. The molecule has 0 radical (unpaired) electrons. The summed E-state index contributed by atoms with van der Waals surface area (Å²) in [5.41, 5.74) is 0.331. The first-order valence-electron chi connectivity index (χ1n) is 7.52. The van der Waals surface area contributed by atoms with Crippen LogP contribution in [0.4, 0.5) is 23.4 Å². The number of nitrogens with one attached hydrogen (secondary N) is 2. The van der Waals surface area contributed by atoms with Crippen molar-refractivity contribution in [2.45, 2.75) is 19.4 Å². The second-order valence-corrected chi connectivity index (χ2v) is 5.97. The Hall–Kier alpha value is -2.61. The second kappa shape index (κ2) is 7.33. The minimum atomic E-state index is -3.05. The van der Waals surface area contributed by atoms with Crippen LogP contribution in [-0.4, -0.2) is 15.0 Å². The molecule has 0 aliphatic carbocycles. The number of halogens is 5. The van der Waals surface area contributed by atoms with Gasteiger partial charge < -0.3 is 10.3 Å². The van der Waals surface area contributed by atoms with E-state index in [4.69, 9.17) is 11.6 Å². The number of nitrogens with zero attached hydrogens (tertiary/aromatic N) is 2. The van der Waals surface area contributed by atoms with Gasteiger partial charge in [0, 0.05) is 11.9 Å². The number of aromatic nitrogens is 3. The molecule has 2 heterocycles. The predicted octanol–water partition coefficient (Wildman–Crippen LogP) is 5.18. The predicted molar refractivity (Wildman–Crippen MR) is 89.4 cm³/mol. The van der Waals surface area contributed by atoms with Gasteiger partial charge >= 0.3 is 0 Å². The number of imidazole rings is 1. The lowest BCUT2D eigenvalue weighted by Gasteiger charge is -2.19. The Labute approximate surface area is 151 Å². The average molecular weight is 385 g/mol. The number of hydrogen-bond donors (Lipinski definition) is 2. The number of alkyl halides is 2. The number of aryl methyl sites for hydroxylation is 1. The van der Waals surface area contributed by atoms with Crippen molar-refractivity contribution < 1.29 is 17.6 Å². The molecule has 0 unspecified atom stereocenters. The molecule has 1 atom stereocenters. The highest BCUT2D eigenvalue weighted by Crippen LogP contribution is 2.29. The Morgan fingerprint density at radius 2 is 1.85 bits per heavy atom. The van der Waals surface area contributed by atoms with E-state index < -0.39 is 29.8 Å². The molecule has 0 amide bonds. The molecule has 0 fully saturated rings. The second-order valence-electron chi connectivity index (χ2n) is 5.57. The van der Waals surface area contributed by atoms with Crippen LogP contribution in [0.15, 0.2) is 36.5 Å². The topological polar surface area (TPSA) is 53.6 Å². The highest BCUT2D eigenvalue weighted by molar-refractivity contribution is 6.30. The van der Waals surface area contributed by atoms with Crippen LogP contribution in [0.1, 0.15) is 35.2 Å². The molecule has 2 N–H and O–H groups in total. The van der Waals surface area contributed by atoms with E-state index in [0.29, 0.717) is 11.4 Å². The summed E-state index contributed by atoms with van der Waals surface area (Å²) < 4.78 is 52.7. The summed E-state index contributed by atoms with van der Waals surface area (Å²) in [6, 6.07) is 5.50. The molecule has 9 heteroatoms. The van der Waals surface area contributed by atoms with Crippen LogP contribution in [0.3, 0.4) is 0 Å². The first kappa shape index (κ1) is 18.2. The van der Waals surface area contributed by atoms with Crippen molar-refractivity contribution >= 4 is 17.4 Å². The molecule has 26 heavy (non-hydrogen) atoms. The van der Waals surface area contributed by atoms with Gasteiger partial charge in [-0.05, 0) is 36.8 Å². The molecule has 0 aliphatic rings. The highest BCUT2D eigenvalue weighted by Gasteiger charge is 2.21. The fourth-order valence-electron chi connectivity index (χ4n) is 2.42. The van der Waals surface area contributed by atoms with Gasteiger partial charge in [-0.25, -0.2) is 27.5 Å². The van der Waals surface area contributed by atoms with Gasteiger partial charge in [0.1, 0.15) is 29.2 Å². The van der Waals surface area contributed by atoms with E-state index in [9.17, 15) is 17.6 Å². The largest absolute Gasteiger partial charge is 0.356 e. The number of pyridine rings is 1. The van der Waals surface area contributed by atoms with Crippen LogP contribution in [0.2, 0.25) is 5.02 Å². The van der Waals surface area contributed by atoms with Crippen LogP contribution < -0.4 is 5.32 Å². The lowest BCUT2D eigenvalue weighted by Crippen LogP contribution is -2.16. The molecule has 0 spiro atoms. The Bertz CT molecular complexity index is 929. The fraction of sp³-hybridized carbons (Fsp3) is 0.176. The zero-order valence-electron chi connectivity index (χ0n) is 13.4. The van der Waals surface area contributed by atoms with E-state index in [-0.39, 0.29) is 10.8 Å². The smallest absolute Gasteiger partial charge is 0.283 e. The van der Waals surface area contributed by atoms with E-state index in [1.54, 1.807) is 13.1 Å². The van der Waals surface area contributed by atoms with Crippen LogP contribution in [0.5, 0.6) is 0 Å².